The molecular formula is C16H27N3O3. The van der Waals surface area contributed by atoms with Crippen LogP contribution in [-0.2, 0) is 16.1 Å². The minimum atomic E-state index is 0.0496. The zero-order valence-electron chi connectivity index (χ0n) is 14.0. The summed E-state index contributed by atoms with van der Waals surface area (Å²) in [5, 5.41) is 6.96. The summed E-state index contributed by atoms with van der Waals surface area (Å²) in [7, 11) is 1.64. The molecule has 6 heteroatoms. The lowest BCUT2D eigenvalue weighted by Gasteiger charge is -2.37. The highest BCUT2D eigenvalue weighted by molar-refractivity contribution is 5.78. The summed E-state index contributed by atoms with van der Waals surface area (Å²) in [5.41, 5.74) is 2.09. The zero-order chi connectivity index (χ0) is 16.1. The molecule has 0 saturated carbocycles. The van der Waals surface area contributed by atoms with Gasteiger partial charge in [-0.05, 0) is 33.6 Å². The number of methoxy groups -OCH3 is 1. The topological polar surface area (TPSA) is 67.6 Å². The number of likely N-dealkylation sites (tertiary alicyclic amines) is 1. The molecule has 1 aliphatic rings. The van der Waals surface area contributed by atoms with Crippen LogP contribution in [0.3, 0.4) is 0 Å². The fourth-order valence-electron chi connectivity index (χ4n) is 2.97. The van der Waals surface area contributed by atoms with E-state index in [0.29, 0.717) is 19.2 Å². The van der Waals surface area contributed by atoms with Crippen molar-refractivity contribution in [3.05, 3.63) is 17.0 Å². The predicted molar refractivity (Wildman–Crippen MR) is 83.5 cm³/mol. The van der Waals surface area contributed by atoms with Crippen molar-refractivity contribution in [2.75, 3.05) is 26.8 Å². The lowest BCUT2D eigenvalue weighted by atomic mass is 9.92. The normalized spacial score (nSPS) is 22.7. The number of piperidine rings is 1. The Morgan fingerprint density at radius 2 is 2.23 bits per heavy atom. The first-order valence-corrected chi connectivity index (χ1v) is 7.95. The van der Waals surface area contributed by atoms with E-state index >= 15 is 0 Å². The molecule has 0 aliphatic carbocycles. The molecule has 2 atom stereocenters. The van der Waals surface area contributed by atoms with Gasteiger partial charge < -0.3 is 14.6 Å². The number of carbonyl (C=O) groups is 1. The molecule has 2 rings (SSSR count). The number of ether oxygens (including phenoxy) is 1. The first kappa shape index (κ1) is 17.0. The smallest absolute Gasteiger partial charge is 0.224 e. The van der Waals surface area contributed by atoms with Crippen LogP contribution in [0.5, 0.6) is 0 Å². The summed E-state index contributed by atoms with van der Waals surface area (Å²) in [4.78, 5) is 14.6. The molecule has 0 spiro atoms. The van der Waals surface area contributed by atoms with Crippen molar-refractivity contribution < 1.29 is 14.1 Å². The Morgan fingerprint density at radius 1 is 1.45 bits per heavy atom. The molecule has 1 N–H and O–H groups in total. The van der Waals surface area contributed by atoms with E-state index in [1.165, 1.54) is 0 Å². The number of hydrogen-bond donors (Lipinski definition) is 1. The van der Waals surface area contributed by atoms with Crippen LogP contribution in [0.1, 0.15) is 36.8 Å². The number of hydrogen-bond acceptors (Lipinski definition) is 5. The maximum atomic E-state index is 12.2. The molecule has 2 heterocycles. The molecule has 0 bridgehead atoms. The summed E-state index contributed by atoms with van der Waals surface area (Å²) < 4.78 is 10.2. The van der Waals surface area contributed by atoms with Crippen molar-refractivity contribution in [3.63, 3.8) is 0 Å². The fourth-order valence-corrected chi connectivity index (χ4v) is 2.97. The Balaban J connectivity index is 1.95. The van der Waals surface area contributed by atoms with Crippen molar-refractivity contribution in [2.45, 2.75) is 46.2 Å². The van der Waals surface area contributed by atoms with Gasteiger partial charge in [0.2, 0.25) is 5.91 Å². The van der Waals surface area contributed by atoms with Crippen LogP contribution < -0.4 is 5.32 Å². The molecule has 6 nitrogen and oxygen atoms in total. The first-order valence-electron chi connectivity index (χ1n) is 7.95. The number of nitrogens with zero attached hydrogens (tertiary/aromatic N) is 2. The highest BCUT2D eigenvalue weighted by Crippen LogP contribution is 2.25. The summed E-state index contributed by atoms with van der Waals surface area (Å²) in [6.07, 6.45) is 1.98. The summed E-state index contributed by atoms with van der Waals surface area (Å²) >= 11 is 0. The quantitative estimate of drug-likeness (QED) is 0.809. The number of rotatable bonds is 6. The molecule has 0 aromatic carbocycles. The molecular weight excluding hydrogens is 282 g/mol. The number of nitrogens with one attached hydrogen (secondary N) is 1. The molecule has 1 aromatic rings. The molecule has 1 aliphatic heterocycles. The van der Waals surface area contributed by atoms with Crippen molar-refractivity contribution in [3.8, 4) is 0 Å². The van der Waals surface area contributed by atoms with Gasteiger partial charge in [0.1, 0.15) is 5.76 Å². The predicted octanol–water partition coefficient (Wildman–Crippen LogP) is 1.65. The zero-order valence-corrected chi connectivity index (χ0v) is 14.0. The molecule has 1 fully saturated rings. The van der Waals surface area contributed by atoms with E-state index in [1.807, 2.05) is 13.8 Å². The third-order valence-corrected chi connectivity index (χ3v) is 4.53. The van der Waals surface area contributed by atoms with Crippen LogP contribution in [-0.4, -0.2) is 48.8 Å². The molecule has 1 amide bonds. The minimum Gasteiger partial charge on any atom is -0.383 e. The van der Waals surface area contributed by atoms with Crippen LogP contribution in [0.2, 0.25) is 0 Å². The monoisotopic (exact) mass is 309 g/mol. The van der Waals surface area contributed by atoms with Crippen molar-refractivity contribution in [1.29, 1.82) is 0 Å². The number of aromatic nitrogens is 1. The standard InChI is InChI=1S/C16H27N3O3/c1-11-5-6-14(16(20)17-7-8-21-4)9-19(11)10-15-12(2)18-22-13(15)3/h11,14H,5-10H2,1-4H3,(H,17,20)/t11-,14+/m0/s1. The average Bonchev–Trinajstić information content (AvgIpc) is 2.81. The molecule has 22 heavy (non-hydrogen) atoms. The molecule has 0 unspecified atom stereocenters. The minimum absolute atomic E-state index is 0.0496. The highest BCUT2D eigenvalue weighted by atomic mass is 16.5. The molecule has 1 aromatic heterocycles. The Bertz CT molecular complexity index is 481. The highest BCUT2D eigenvalue weighted by Gasteiger charge is 2.30. The van der Waals surface area contributed by atoms with Crippen LogP contribution in [0, 0.1) is 19.8 Å². The van der Waals surface area contributed by atoms with Gasteiger partial charge >= 0.3 is 0 Å². The third kappa shape index (κ3) is 4.08. The summed E-state index contributed by atoms with van der Waals surface area (Å²) in [5.74, 6) is 1.05. The average molecular weight is 309 g/mol. The number of carbonyl (C=O) groups excluding carboxylic acids is 1. The van der Waals surface area contributed by atoms with Gasteiger partial charge in [-0.3, -0.25) is 9.69 Å². The maximum absolute atomic E-state index is 12.2. The first-order chi connectivity index (χ1) is 10.5. The van der Waals surface area contributed by atoms with E-state index < -0.39 is 0 Å². The Kier molecular flexibility index (Phi) is 5.97. The Morgan fingerprint density at radius 3 is 2.86 bits per heavy atom. The van der Waals surface area contributed by atoms with Gasteiger partial charge in [0.25, 0.3) is 0 Å². The second kappa shape index (κ2) is 7.74. The lowest BCUT2D eigenvalue weighted by molar-refractivity contribution is -0.127. The van der Waals surface area contributed by atoms with Gasteiger partial charge in [0, 0.05) is 38.3 Å². The van der Waals surface area contributed by atoms with Crippen molar-refractivity contribution >= 4 is 5.91 Å². The van der Waals surface area contributed by atoms with Crippen LogP contribution >= 0.6 is 0 Å². The van der Waals surface area contributed by atoms with Gasteiger partial charge in [0.05, 0.1) is 18.2 Å². The second-order valence-corrected chi connectivity index (χ2v) is 6.14. The van der Waals surface area contributed by atoms with E-state index in [1.54, 1.807) is 7.11 Å². The van der Waals surface area contributed by atoms with E-state index in [4.69, 9.17) is 9.26 Å². The van der Waals surface area contributed by atoms with E-state index in [9.17, 15) is 4.79 Å². The van der Waals surface area contributed by atoms with E-state index in [0.717, 1.165) is 42.9 Å². The van der Waals surface area contributed by atoms with Crippen molar-refractivity contribution in [1.82, 2.24) is 15.4 Å². The third-order valence-electron chi connectivity index (χ3n) is 4.53. The van der Waals surface area contributed by atoms with Gasteiger partial charge in [-0.25, -0.2) is 0 Å². The SMILES string of the molecule is COCCNC(=O)[C@@H]1CC[C@H](C)N(Cc2c(C)noc2C)C1. The van der Waals surface area contributed by atoms with E-state index in [-0.39, 0.29) is 11.8 Å². The largest absolute Gasteiger partial charge is 0.383 e. The summed E-state index contributed by atoms with van der Waals surface area (Å²) in [6, 6.07) is 0.469. The van der Waals surface area contributed by atoms with Gasteiger partial charge in [-0.15, -0.1) is 0 Å². The van der Waals surface area contributed by atoms with E-state index in [2.05, 4.69) is 22.3 Å². The maximum Gasteiger partial charge on any atom is 0.224 e. The van der Waals surface area contributed by atoms with Crippen LogP contribution in [0.15, 0.2) is 4.52 Å². The number of aryl methyl sites for hydroxylation is 2. The lowest BCUT2D eigenvalue weighted by Crippen LogP contribution is -2.47. The summed E-state index contributed by atoms with van der Waals surface area (Å²) in [6.45, 7) is 8.84. The Hall–Kier alpha value is -1.40. The molecule has 124 valence electrons. The molecule has 0 radical (unpaired) electrons. The van der Waals surface area contributed by atoms with Crippen molar-refractivity contribution in [2.24, 2.45) is 5.92 Å². The Labute approximate surface area is 132 Å². The molecule has 1 saturated heterocycles. The van der Waals surface area contributed by atoms with Crippen LogP contribution in [0.25, 0.3) is 0 Å². The second-order valence-electron chi connectivity index (χ2n) is 6.14. The van der Waals surface area contributed by atoms with Gasteiger partial charge in [-0.2, -0.15) is 0 Å². The fraction of sp³-hybridized carbons (Fsp3) is 0.750. The van der Waals surface area contributed by atoms with Gasteiger partial charge in [0.15, 0.2) is 0 Å². The van der Waals surface area contributed by atoms with Gasteiger partial charge in [-0.1, -0.05) is 5.16 Å². The van der Waals surface area contributed by atoms with Crippen LogP contribution in [0.4, 0.5) is 0 Å². The number of amides is 1.